The largest absolute Gasteiger partial charge is 0.494 e. The second kappa shape index (κ2) is 19.7. The van der Waals surface area contributed by atoms with Gasteiger partial charge < -0.3 is 20.1 Å². The van der Waals surface area contributed by atoms with E-state index in [1.807, 2.05) is 83.5 Å². The van der Waals surface area contributed by atoms with Crippen LogP contribution < -0.4 is 25.6 Å². The van der Waals surface area contributed by atoms with Crippen molar-refractivity contribution in [1.82, 2.24) is 30.0 Å². The first-order valence-electron chi connectivity index (χ1n) is 23.8. The van der Waals surface area contributed by atoms with Gasteiger partial charge in [0.1, 0.15) is 17.2 Å². The van der Waals surface area contributed by atoms with Crippen LogP contribution in [-0.4, -0.2) is 97.8 Å². The number of pyridine rings is 1. The molecule has 2 fully saturated rings. The minimum Gasteiger partial charge on any atom is -0.494 e. The number of nitrogens with one attached hydrogen (secondary N) is 3. The molecule has 6 heterocycles. The minimum atomic E-state index is -1.38. The van der Waals surface area contributed by atoms with E-state index in [9.17, 15) is 29.1 Å². The zero-order valence-corrected chi connectivity index (χ0v) is 40.1. The molecule has 3 aliphatic heterocycles. The zero-order chi connectivity index (χ0) is 49.4. The number of anilines is 3. The van der Waals surface area contributed by atoms with E-state index < -0.39 is 17.6 Å². The third-order valence-electron chi connectivity index (χ3n) is 13.8. The summed E-state index contributed by atoms with van der Waals surface area (Å²) in [5, 5.41) is 24.6. The van der Waals surface area contributed by atoms with Gasteiger partial charge in [-0.05, 0) is 128 Å². The number of likely N-dealkylation sites (tertiary alicyclic amines) is 1. The average molecular weight is 978 g/mol. The summed E-state index contributed by atoms with van der Waals surface area (Å²) in [6, 6.07) is 27.9. The first-order valence-corrected chi connectivity index (χ1v) is 24.6. The lowest BCUT2D eigenvalue weighted by molar-refractivity contribution is -0.134. The number of benzene rings is 4. The number of carboxylic acid groups (broad SMARTS) is 1. The Morgan fingerprint density at radius 1 is 0.930 bits per heavy atom. The fourth-order valence-corrected chi connectivity index (χ4v) is 10.9. The van der Waals surface area contributed by atoms with Crippen molar-refractivity contribution >= 4 is 78.7 Å². The van der Waals surface area contributed by atoms with Crippen molar-refractivity contribution < 1.29 is 38.2 Å². The van der Waals surface area contributed by atoms with Gasteiger partial charge in [0, 0.05) is 61.8 Å². The van der Waals surface area contributed by atoms with Gasteiger partial charge in [0.15, 0.2) is 10.8 Å². The molecule has 7 aromatic rings. The van der Waals surface area contributed by atoms with E-state index in [2.05, 4.69) is 31.0 Å². The number of ether oxygens (including phenoxy) is 1. The fraction of sp³-hybridized carbons (Fsp3) is 0.321. The molecule has 1 atom stereocenters. The number of carbonyl (C=O) groups excluding carboxylic acids is 4. The number of halogens is 1. The van der Waals surface area contributed by atoms with Crippen LogP contribution >= 0.6 is 11.3 Å². The number of rotatable bonds is 14. The van der Waals surface area contributed by atoms with Crippen molar-refractivity contribution in [2.45, 2.75) is 70.0 Å². The number of imide groups is 1. The quantitative estimate of drug-likeness (QED) is 0.0603. The first kappa shape index (κ1) is 47.1. The van der Waals surface area contributed by atoms with Crippen molar-refractivity contribution in [3.8, 4) is 16.9 Å². The molecular formula is C53H52FN9O7S. The highest BCUT2D eigenvalue weighted by Crippen LogP contribution is 2.36. The molecule has 364 valence electrons. The summed E-state index contributed by atoms with van der Waals surface area (Å²) >= 11 is 1.41. The van der Waals surface area contributed by atoms with Crippen molar-refractivity contribution in [2.24, 2.45) is 7.05 Å². The molecule has 18 heteroatoms. The molecule has 16 nitrogen and oxygen atoms in total. The average Bonchev–Trinajstić information content (AvgIpc) is 3.92. The maximum absolute atomic E-state index is 16.0. The maximum atomic E-state index is 16.0. The number of fused-ring (bicyclic) bond motifs is 3. The number of amides is 4. The van der Waals surface area contributed by atoms with Crippen molar-refractivity contribution in [3.63, 3.8) is 0 Å². The van der Waals surface area contributed by atoms with Gasteiger partial charge >= 0.3 is 5.97 Å². The van der Waals surface area contributed by atoms with Crippen molar-refractivity contribution in [2.75, 3.05) is 48.3 Å². The van der Waals surface area contributed by atoms with Gasteiger partial charge in [0.05, 0.1) is 40.5 Å². The molecule has 4 N–H and O–H groups in total. The molecule has 1 unspecified atom stereocenters. The predicted octanol–water partition coefficient (Wildman–Crippen LogP) is 8.19. The van der Waals surface area contributed by atoms with Crippen molar-refractivity contribution in [3.05, 3.63) is 125 Å². The van der Waals surface area contributed by atoms with E-state index in [1.54, 1.807) is 36.0 Å². The summed E-state index contributed by atoms with van der Waals surface area (Å²) in [6.07, 6.45) is 2.70. The molecule has 3 aromatic heterocycles. The Kier molecular flexibility index (Phi) is 13.1. The van der Waals surface area contributed by atoms with Crippen LogP contribution in [0.15, 0.2) is 91.0 Å². The number of alkyl halides is 1. The van der Waals surface area contributed by atoms with Crippen LogP contribution in [0.5, 0.6) is 5.75 Å². The van der Waals surface area contributed by atoms with Crippen LogP contribution in [0.3, 0.4) is 0 Å². The van der Waals surface area contributed by atoms with E-state index in [-0.39, 0.29) is 42.3 Å². The molecule has 4 amide bonds. The monoisotopic (exact) mass is 977 g/mol. The van der Waals surface area contributed by atoms with Crippen LogP contribution in [0.4, 0.5) is 21.0 Å². The highest BCUT2D eigenvalue weighted by molar-refractivity contribution is 7.22. The Balaban J connectivity index is 0.702. The van der Waals surface area contributed by atoms with Crippen LogP contribution in [0, 0.1) is 6.92 Å². The van der Waals surface area contributed by atoms with E-state index in [4.69, 9.17) is 4.74 Å². The van der Waals surface area contributed by atoms with Crippen molar-refractivity contribution in [1.29, 1.82) is 0 Å². The lowest BCUT2D eigenvalue weighted by atomic mass is 9.89. The van der Waals surface area contributed by atoms with E-state index >= 15 is 4.39 Å². The number of carboxylic acids is 1. The summed E-state index contributed by atoms with van der Waals surface area (Å²) in [6.45, 7) is 4.16. The third-order valence-corrected chi connectivity index (χ3v) is 14.8. The molecule has 2 saturated heterocycles. The van der Waals surface area contributed by atoms with Gasteiger partial charge in [-0.2, -0.15) is 5.10 Å². The number of para-hydroxylation sites is 1. The van der Waals surface area contributed by atoms with Gasteiger partial charge in [-0.25, -0.2) is 19.2 Å². The predicted molar refractivity (Wildman–Crippen MR) is 269 cm³/mol. The number of thiazole rings is 1. The number of aryl methyl sites for hydroxylation is 2. The molecule has 0 saturated carbocycles. The minimum absolute atomic E-state index is 0.0852. The molecule has 3 aliphatic rings. The Bertz CT molecular complexity index is 3220. The number of hydrogen-bond donors (Lipinski definition) is 4. The Labute approximate surface area is 412 Å². The molecule has 0 radical (unpaired) electrons. The molecule has 71 heavy (non-hydrogen) atoms. The number of hydrogen-bond acceptors (Lipinski definition) is 12. The Hall–Kier alpha value is -7.57. The van der Waals surface area contributed by atoms with Gasteiger partial charge in [-0.1, -0.05) is 41.7 Å². The van der Waals surface area contributed by atoms with Crippen LogP contribution in [0.1, 0.15) is 87.7 Å². The van der Waals surface area contributed by atoms with E-state index in [1.165, 1.54) is 11.3 Å². The summed E-state index contributed by atoms with van der Waals surface area (Å²) < 4.78 is 24.7. The Morgan fingerprint density at radius 3 is 2.54 bits per heavy atom. The van der Waals surface area contributed by atoms with E-state index in [0.29, 0.717) is 116 Å². The number of aromatic carboxylic acids is 1. The summed E-state index contributed by atoms with van der Waals surface area (Å²) in [5.74, 6) is -1.70. The second-order valence-corrected chi connectivity index (χ2v) is 19.6. The Morgan fingerprint density at radius 2 is 1.75 bits per heavy atom. The molecule has 0 spiro atoms. The number of carbonyl (C=O) groups is 5. The van der Waals surface area contributed by atoms with Gasteiger partial charge in [0.25, 0.3) is 5.91 Å². The van der Waals surface area contributed by atoms with Crippen LogP contribution in [0.25, 0.3) is 32.2 Å². The zero-order valence-electron chi connectivity index (χ0n) is 39.3. The number of piperidine rings is 2. The smallest absolute Gasteiger partial charge is 0.355 e. The van der Waals surface area contributed by atoms with Gasteiger partial charge in [-0.15, -0.1) is 0 Å². The van der Waals surface area contributed by atoms with Crippen LogP contribution in [0.2, 0.25) is 0 Å². The van der Waals surface area contributed by atoms with Gasteiger partial charge in [-0.3, -0.25) is 39.4 Å². The number of aromatic nitrogens is 4. The molecule has 10 rings (SSSR count). The second-order valence-electron chi connectivity index (χ2n) is 18.6. The first-order chi connectivity index (χ1) is 34.3. The molecule has 0 aliphatic carbocycles. The van der Waals surface area contributed by atoms with Gasteiger partial charge in [0.2, 0.25) is 17.7 Å². The summed E-state index contributed by atoms with van der Waals surface area (Å²) in [7, 11) is 1.77. The topological polar surface area (TPSA) is 201 Å². The normalized spacial score (nSPS) is 16.9. The lowest BCUT2D eigenvalue weighted by Crippen LogP contribution is -2.44. The lowest BCUT2D eigenvalue weighted by Gasteiger charge is -2.36. The molecule has 0 bridgehead atoms. The molecule has 4 aromatic carbocycles. The van der Waals surface area contributed by atoms with Crippen LogP contribution in [-0.2, 0) is 34.4 Å². The highest BCUT2D eigenvalue weighted by atomic mass is 32.1. The molecular weight excluding hydrogens is 926 g/mol. The van der Waals surface area contributed by atoms with E-state index in [0.717, 1.165) is 37.8 Å². The fourth-order valence-electron chi connectivity index (χ4n) is 10.0. The highest BCUT2D eigenvalue weighted by Gasteiger charge is 2.35. The summed E-state index contributed by atoms with van der Waals surface area (Å²) in [5.41, 5.74) is 5.70. The third kappa shape index (κ3) is 10.1. The SMILES string of the molecule is Cc1cc(OCCCC2(F)CCN(CC(=O)Nc3ccc4c(C5CCC(=O)NC5=O)nn(C)c4c3)CC2)ccc1-c1ccc(N2CCc3cccc(C(=O)Nc4nc5ccccc5s4)c3C2)nc1C(=O)O. The number of nitrogens with zero attached hydrogens (tertiary/aromatic N) is 6. The standard InChI is InChI=1S/C53H52FN9O7S/c1-31-27-34(70-26-6-20-53(54)21-24-62(25-22-53)30-46(65)55-33-11-13-38-42(28-33)61(2)60-47(38)39-16-18-45(64)58-50(39)67)12-14-35(31)36-15-17-44(57-48(36)51(68)69)63-23-19-32-7-5-8-37(40(32)29-63)49(66)59-52-56-41-9-3-4-10-43(41)71-52/h3-5,7-15,17,27-28,39H,6,16,18-26,29-30H2,1-2H3,(H,55,65)(H,68,69)(H,56,59,66)(H,58,64,67). The summed E-state index contributed by atoms with van der Waals surface area (Å²) in [4.78, 5) is 76.7. The maximum Gasteiger partial charge on any atom is 0.355 e.